The van der Waals surface area contributed by atoms with Crippen LogP contribution < -0.4 is 0 Å². The van der Waals surface area contributed by atoms with Crippen LogP contribution in [-0.4, -0.2) is 9.13 Å². The highest BCUT2D eigenvalue weighted by Gasteiger charge is 2.17. The van der Waals surface area contributed by atoms with E-state index in [1.165, 1.54) is 27.4 Å². The summed E-state index contributed by atoms with van der Waals surface area (Å²) in [6.07, 6.45) is 0. The fraction of sp³-hybridized carbons (Fsp3) is 0.0750. The van der Waals surface area contributed by atoms with E-state index in [9.17, 15) is 5.26 Å². The van der Waals surface area contributed by atoms with Crippen LogP contribution >= 0.6 is 0 Å². The van der Waals surface area contributed by atoms with Gasteiger partial charge in [-0.2, -0.15) is 5.26 Å². The zero-order valence-electron chi connectivity index (χ0n) is 24.4. The molecule has 0 aliphatic carbocycles. The maximum atomic E-state index is 9.56. The molecule has 4 heteroatoms. The van der Waals surface area contributed by atoms with Gasteiger partial charge in [0, 0.05) is 43.7 Å². The summed E-state index contributed by atoms with van der Waals surface area (Å²) < 4.78 is 11.0. The van der Waals surface area contributed by atoms with E-state index in [1.54, 1.807) is 0 Å². The number of para-hydroxylation sites is 2. The number of hydrogen-bond acceptors (Lipinski definition) is 2. The molecule has 0 saturated carbocycles. The third-order valence-electron chi connectivity index (χ3n) is 9.12. The number of nitrogens with zero attached hydrogens (tertiary/aromatic N) is 3. The maximum absolute atomic E-state index is 9.56. The summed E-state index contributed by atoms with van der Waals surface area (Å²) in [5, 5.41) is 16.5. The highest BCUT2D eigenvalue weighted by atomic mass is 16.3. The highest BCUT2D eigenvalue weighted by Crippen LogP contribution is 2.38. The van der Waals surface area contributed by atoms with Crippen LogP contribution in [0.4, 0.5) is 0 Å². The van der Waals surface area contributed by atoms with Crippen molar-refractivity contribution in [2.45, 2.75) is 19.8 Å². The Kier molecular flexibility index (Phi) is 5.13. The Morgan fingerprint density at radius 2 is 1.05 bits per heavy atom. The van der Waals surface area contributed by atoms with Crippen LogP contribution in [0, 0.1) is 11.3 Å². The van der Waals surface area contributed by atoms with Crippen LogP contribution in [0.3, 0.4) is 0 Å². The molecule has 0 aliphatic heterocycles. The summed E-state index contributed by atoms with van der Waals surface area (Å²) in [5.74, 6) is 0.465. The second kappa shape index (κ2) is 9.10. The number of benzene rings is 6. The van der Waals surface area contributed by atoms with Crippen molar-refractivity contribution in [2.75, 3.05) is 0 Å². The van der Waals surface area contributed by atoms with Crippen LogP contribution in [-0.2, 0) is 0 Å². The third kappa shape index (κ3) is 3.44. The number of aromatic nitrogens is 2. The van der Waals surface area contributed by atoms with Crippen LogP contribution in [0.5, 0.6) is 0 Å². The molecule has 0 bridgehead atoms. The number of fused-ring (bicyclic) bond motifs is 9. The van der Waals surface area contributed by atoms with Gasteiger partial charge in [-0.1, -0.05) is 56.3 Å². The van der Waals surface area contributed by atoms with Gasteiger partial charge >= 0.3 is 0 Å². The second-order valence-electron chi connectivity index (χ2n) is 11.9. The van der Waals surface area contributed by atoms with Gasteiger partial charge in [0.15, 0.2) is 0 Å². The van der Waals surface area contributed by atoms with Crippen LogP contribution in [0.2, 0.25) is 0 Å². The molecule has 0 radical (unpaired) electrons. The van der Waals surface area contributed by atoms with Gasteiger partial charge in [-0.05, 0) is 90.3 Å². The third-order valence-corrected chi connectivity index (χ3v) is 9.12. The van der Waals surface area contributed by atoms with Crippen LogP contribution in [0.1, 0.15) is 30.9 Å². The van der Waals surface area contributed by atoms with Crippen molar-refractivity contribution in [1.29, 1.82) is 5.26 Å². The lowest BCUT2D eigenvalue weighted by molar-refractivity contribution is 0.669. The quantitative estimate of drug-likeness (QED) is 0.214. The van der Waals surface area contributed by atoms with E-state index in [2.05, 4.69) is 138 Å². The first-order valence-corrected chi connectivity index (χ1v) is 15.0. The molecule has 0 aliphatic rings. The second-order valence-corrected chi connectivity index (χ2v) is 11.9. The molecule has 208 valence electrons. The molecule has 3 heterocycles. The van der Waals surface area contributed by atoms with Crippen molar-refractivity contribution in [3.05, 3.63) is 132 Å². The summed E-state index contributed by atoms with van der Waals surface area (Å²) in [6, 6.07) is 45.1. The molecular weight excluding hydrogens is 538 g/mol. The molecule has 0 fully saturated rings. The summed E-state index contributed by atoms with van der Waals surface area (Å²) >= 11 is 0. The molecule has 44 heavy (non-hydrogen) atoms. The summed E-state index contributed by atoms with van der Waals surface area (Å²) in [4.78, 5) is 0. The van der Waals surface area contributed by atoms with E-state index in [4.69, 9.17) is 4.42 Å². The fourth-order valence-corrected chi connectivity index (χ4v) is 6.98. The van der Waals surface area contributed by atoms with Crippen LogP contribution in [0.25, 0.3) is 76.9 Å². The average molecular weight is 566 g/mol. The van der Waals surface area contributed by atoms with Crippen molar-refractivity contribution in [1.82, 2.24) is 9.13 Å². The van der Waals surface area contributed by atoms with Gasteiger partial charge in [-0.3, -0.25) is 0 Å². The Hall–Kier alpha value is -5.79. The molecule has 9 aromatic rings. The lowest BCUT2D eigenvalue weighted by atomic mass is 10.0. The minimum Gasteiger partial charge on any atom is -0.456 e. The Labute approximate surface area is 253 Å². The molecule has 4 nitrogen and oxygen atoms in total. The Morgan fingerprint density at radius 1 is 0.523 bits per heavy atom. The minimum atomic E-state index is 0.465. The summed E-state index contributed by atoms with van der Waals surface area (Å²) in [6.45, 7) is 4.49. The van der Waals surface area contributed by atoms with E-state index < -0.39 is 0 Å². The predicted octanol–water partition coefficient (Wildman–Crippen LogP) is 10.8. The van der Waals surface area contributed by atoms with Gasteiger partial charge in [-0.25, -0.2) is 0 Å². The number of furan rings is 1. The zero-order valence-corrected chi connectivity index (χ0v) is 24.4. The fourth-order valence-electron chi connectivity index (χ4n) is 6.98. The van der Waals surface area contributed by atoms with Crippen molar-refractivity contribution in [3.63, 3.8) is 0 Å². The topological polar surface area (TPSA) is 46.8 Å². The van der Waals surface area contributed by atoms with E-state index in [-0.39, 0.29) is 0 Å². The molecule has 0 saturated heterocycles. The molecule has 3 aromatic heterocycles. The average Bonchev–Trinajstić information content (AvgIpc) is 3.71. The first kappa shape index (κ1) is 24.8. The smallest absolute Gasteiger partial charge is 0.135 e. The van der Waals surface area contributed by atoms with E-state index >= 15 is 0 Å². The maximum Gasteiger partial charge on any atom is 0.135 e. The largest absolute Gasteiger partial charge is 0.456 e. The molecule has 0 atom stereocenters. The van der Waals surface area contributed by atoms with Crippen molar-refractivity contribution >= 4 is 65.6 Å². The first-order valence-electron chi connectivity index (χ1n) is 15.0. The van der Waals surface area contributed by atoms with Gasteiger partial charge in [0.1, 0.15) is 11.2 Å². The Balaban J connectivity index is 1.29. The van der Waals surface area contributed by atoms with E-state index in [0.717, 1.165) is 55.1 Å². The molecule has 6 aromatic carbocycles. The standard InChI is InChI=1S/C40H27N3O/c1-24(2)26-12-16-38-32(20-26)30-8-4-6-10-36(30)43(38)28-14-18-40-34(22-28)33-21-27(13-17-39(33)44-40)42-35-9-5-3-7-29(35)31-19-25(23-41)11-15-37(31)42/h3-22,24H,1-2H3. The lowest BCUT2D eigenvalue weighted by Gasteiger charge is -2.10. The Morgan fingerprint density at radius 3 is 1.61 bits per heavy atom. The van der Waals surface area contributed by atoms with Gasteiger partial charge in [0.2, 0.25) is 0 Å². The monoisotopic (exact) mass is 565 g/mol. The molecule has 0 unspecified atom stereocenters. The predicted molar refractivity (Wildman–Crippen MR) is 181 cm³/mol. The van der Waals surface area contributed by atoms with E-state index in [1.807, 2.05) is 12.1 Å². The van der Waals surface area contributed by atoms with Gasteiger partial charge < -0.3 is 13.6 Å². The molecule has 9 rings (SSSR count). The van der Waals surface area contributed by atoms with Crippen LogP contribution in [0.15, 0.2) is 126 Å². The molecular formula is C40H27N3O. The SMILES string of the molecule is CC(C)c1ccc2c(c1)c1ccccc1n2-c1ccc2oc3ccc(-n4c5ccccc5c5cc(C#N)ccc54)cc3c2c1. The van der Waals surface area contributed by atoms with Gasteiger partial charge in [-0.15, -0.1) is 0 Å². The number of nitriles is 1. The summed E-state index contributed by atoms with van der Waals surface area (Å²) in [5.41, 5.74) is 10.5. The lowest BCUT2D eigenvalue weighted by Crippen LogP contribution is -1.94. The van der Waals surface area contributed by atoms with Gasteiger partial charge in [0.25, 0.3) is 0 Å². The minimum absolute atomic E-state index is 0.465. The number of rotatable bonds is 3. The Bertz CT molecular complexity index is 2660. The molecule has 0 amide bonds. The zero-order chi connectivity index (χ0) is 29.5. The molecule has 0 N–H and O–H groups in total. The van der Waals surface area contributed by atoms with E-state index in [0.29, 0.717) is 11.5 Å². The normalized spacial score (nSPS) is 12.0. The highest BCUT2D eigenvalue weighted by molar-refractivity contribution is 6.12. The summed E-state index contributed by atoms with van der Waals surface area (Å²) in [7, 11) is 0. The van der Waals surface area contributed by atoms with Crippen molar-refractivity contribution in [3.8, 4) is 17.4 Å². The van der Waals surface area contributed by atoms with Crippen molar-refractivity contribution in [2.24, 2.45) is 0 Å². The van der Waals surface area contributed by atoms with Crippen molar-refractivity contribution < 1.29 is 4.42 Å². The first-order chi connectivity index (χ1) is 21.6. The number of hydrogen-bond donors (Lipinski definition) is 0. The van der Waals surface area contributed by atoms with Gasteiger partial charge in [0.05, 0.1) is 33.7 Å². The molecule has 0 spiro atoms.